The highest BCUT2D eigenvalue weighted by Gasteiger charge is 2.18. The minimum absolute atomic E-state index is 0.0416. The summed E-state index contributed by atoms with van der Waals surface area (Å²) in [6, 6.07) is 7.91. The van der Waals surface area contributed by atoms with Gasteiger partial charge in [-0.3, -0.25) is 4.79 Å². The summed E-state index contributed by atoms with van der Waals surface area (Å²) < 4.78 is 0. The number of benzene rings is 1. The number of aliphatic hydroxyl groups is 1. The van der Waals surface area contributed by atoms with Gasteiger partial charge in [-0.2, -0.15) is 0 Å². The molecule has 0 spiro atoms. The van der Waals surface area contributed by atoms with E-state index in [1.807, 2.05) is 12.1 Å². The molecule has 1 aromatic rings. The molecule has 1 amide bonds. The summed E-state index contributed by atoms with van der Waals surface area (Å²) in [6.07, 6.45) is 1.11. The maximum atomic E-state index is 11.4. The van der Waals surface area contributed by atoms with Crippen LogP contribution in [-0.2, 0) is 4.79 Å². The molecule has 1 N–H and O–H groups in total. The summed E-state index contributed by atoms with van der Waals surface area (Å²) in [5.41, 5.74) is 2.27. The maximum Gasteiger partial charge on any atom is 0.219 e. The molecule has 1 rings (SSSR count). The number of rotatable bonds is 5. The van der Waals surface area contributed by atoms with E-state index in [2.05, 4.69) is 26.0 Å². The lowest BCUT2D eigenvalue weighted by atomic mass is 9.96. The fourth-order valence-electron chi connectivity index (χ4n) is 1.95. The zero-order chi connectivity index (χ0) is 13.7. The Balaban J connectivity index is 2.91. The number of likely N-dealkylation sites (N-methyl/N-ethyl adjacent to an activating group) is 1. The lowest BCUT2D eigenvalue weighted by Crippen LogP contribution is -2.31. The molecule has 18 heavy (non-hydrogen) atoms. The first-order valence-corrected chi connectivity index (χ1v) is 6.45. The molecule has 0 fully saturated rings. The monoisotopic (exact) mass is 249 g/mol. The average molecular weight is 249 g/mol. The number of amides is 1. The van der Waals surface area contributed by atoms with Gasteiger partial charge in [0.1, 0.15) is 0 Å². The molecule has 2 atom stereocenters. The molecule has 0 radical (unpaired) electrons. The van der Waals surface area contributed by atoms with Gasteiger partial charge in [0.15, 0.2) is 0 Å². The summed E-state index contributed by atoms with van der Waals surface area (Å²) in [4.78, 5) is 12.9. The first-order valence-electron chi connectivity index (χ1n) is 6.45. The predicted octanol–water partition coefficient (Wildman–Crippen LogP) is 2.71. The summed E-state index contributed by atoms with van der Waals surface area (Å²) in [5.74, 6) is 0.497. The van der Waals surface area contributed by atoms with E-state index < -0.39 is 0 Å². The van der Waals surface area contributed by atoms with E-state index in [0.29, 0.717) is 5.92 Å². The highest BCUT2D eigenvalue weighted by atomic mass is 16.3. The Morgan fingerprint density at radius 3 is 2.17 bits per heavy atom. The normalized spacial score (nSPS) is 14.1. The molecule has 0 heterocycles. The van der Waals surface area contributed by atoms with Crippen LogP contribution in [0.15, 0.2) is 24.3 Å². The highest BCUT2D eigenvalue weighted by molar-refractivity contribution is 5.73. The van der Waals surface area contributed by atoms with Crippen molar-refractivity contribution in [1.29, 1.82) is 0 Å². The van der Waals surface area contributed by atoms with Crippen LogP contribution < -0.4 is 0 Å². The van der Waals surface area contributed by atoms with Gasteiger partial charge in [0, 0.05) is 14.0 Å². The number of hydrogen-bond donors (Lipinski definition) is 1. The molecule has 0 saturated carbocycles. The second kappa shape index (κ2) is 6.55. The minimum atomic E-state index is -0.256. The molecule has 3 nitrogen and oxygen atoms in total. The van der Waals surface area contributed by atoms with Crippen molar-refractivity contribution in [3.8, 4) is 0 Å². The zero-order valence-corrected chi connectivity index (χ0v) is 11.7. The van der Waals surface area contributed by atoms with E-state index >= 15 is 0 Å². The van der Waals surface area contributed by atoms with Crippen molar-refractivity contribution in [3.63, 3.8) is 0 Å². The molecule has 3 heteroatoms. The van der Waals surface area contributed by atoms with Gasteiger partial charge in [0.2, 0.25) is 5.91 Å². The van der Waals surface area contributed by atoms with E-state index in [-0.39, 0.29) is 18.6 Å². The SMILES string of the molecule is CCC(C)c1ccc(C(CO)N(C)C(C)=O)cc1. The van der Waals surface area contributed by atoms with Crippen LogP contribution in [0.1, 0.15) is 50.3 Å². The second-order valence-corrected chi connectivity index (χ2v) is 4.80. The average Bonchev–Trinajstić information content (AvgIpc) is 2.39. The largest absolute Gasteiger partial charge is 0.394 e. The van der Waals surface area contributed by atoms with Crippen molar-refractivity contribution in [3.05, 3.63) is 35.4 Å². The highest BCUT2D eigenvalue weighted by Crippen LogP contribution is 2.23. The van der Waals surface area contributed by atoms with Crippen LogP contribution in [0.25, 0.3) is 0 Å². The van der Waals surface area contributed by atoms with E-state index in [4.69, 9.17) is 0 Å². The number of carbonyl (C=O) groups is 1. The number of aliphatic hydroxyl groups excluding tert-OH is 1. The fraction of sp³-hybridized carbons (Fsp3) is 0.533. The molecule has 100 valence electrons. The Bertz CT molecular complexity index is 386. The van der Waals surface area contributed by atoms with E-state index in [9.17, 15) is 9.90 Å². The van der Waals surface area contributed by atoms with Crippen molar-refractivity contribution in [2.75, 3.05) is 13.7 Å². The Labute approximate surface area is 109 Å². The molecule has 2 unspecified atom stereocenters. The third-order valence-corrected chi connectivity index (χ3v) is 3.64. The topological polar surface area (TPSA) is 40.5 Å². The van der Waals surface area contributed by atoms with Gasteiger partial charge < -0.3 is 10.0 Å². The van der Waals surface area contributed by atoms with Gasteiger partial charge in [0.05, 0.1) is 12.6 Å². The molecule has 0 saturated heterocycles. The quantitative estimate of drug-likeness (QED) is 0.871. The van der Waals surface area contributed by atoms with Gasteiger partial charge in [-0.1, -0.05) is 38.1 Å². The number of carbonyl (C=O) groups excluding carboxylic acids is 1. The second-order valence-electron chi connectivity index (χ2n) is 4.80. The van der Waals surface area contributed by atoms with Crippen LogP contribution in [0.4, 0.5) is 0 Å². The number of nitrogens with zero attached hydrogens (tertiary/aromatic N) is 1. The Morgan fingerprint density at radius 1 is 1.28 bits per heavy atom. The van der Waals surface area contributed by atoms with Crippen molar-refractivity contribution in [2.24, 2.45) is 0 Å². The van der Waals surface area contributed by atoms with Crippen LogP contribution >= 0.6 is 0 Å². The third kappa shape index (κ3) is 3.33. The summed E-state index contributed by atoms with van der Waals surface area (Å²) in [6.45, 7) is 5.81. The molecule has 0 bridgehead atoms. The molecular weight excluding hydrogens is 226 g/mol. The Hall–Kier alpha value is -1.35. The number of hydrogen-bond acceptors (Lipinski definition) is 2. The molecule has 0 aliphatic carbocycles. The molecular formula is C15H23NO2. The standard InChI is InChI=1S/C15H23NO2/c1-5-11(2)13-6-8-14(9-7-13)15(10-17)16(4)12(3)18/h6-9,11,15,17H,5,10H2,1-4H3. The van der Waals surface area contributed by atoms with Crippen LogP contribution in [0, 0.1) is 0 Å². The summed E-state index contributed by atoms with van der Waals surface area (Å²) in [5, 5.41) is 9.43. The lowest BCUT2D eigenvalue weighted by Gasteiger charge is -2.26. The van der Waals surface area contributed by atoms with Crippen molar-refractivity contribution in [1.82, 2.24) is 4.90 Å². The van der Waals surface area contributed by atoms with Gasteiger partial charge >= 0.3 is 0 Å². The van der Waals surface area contributed by atoms with Crippen LogP contribution in [0.5, 0.6) is 0 Å². The summed E-state index contributed by atoms with van der Waals surface area (Å²) >= 11 is 0. The molecule has 0 aromatic heterocycles. The van der Waals surface area contributed by atoms with E-state index in [1.165, 1.54) is 12.5 Å². The molecule has 1 aromatic carbocycles. The first kappa shape index (κ1) is 14.7. The fourth-order valence-corrected chi connectivity index (χ4v) is 1.95. The zero-order valence-electron chi connectivity index (χ0n) is 11.7. The third-order valence-electron chi connectivity index (χ3n) is 3.64. The summed E-state index contributed by atoms with van der Waals surface area (Å²) in [7, 11) is 1.71. The Kier molecular flexibility index (Phi) is 5.35. The van der Waals surface area contributed by atoms with Gasteiger partial charge in [-0.25, -0.2) is 0 Å². The van der Waals surface area contributed by atoms with Crippen molar-refractivity contribution in [2.45, 2.75) is 39.2 Å². The Morgan fingerprint density at radius 2 is 1.78 bits per heavy atom. The van der Waals surface area contributed by atoms with E-state index in [0.717, 1.165) is 12.0 Å². The van der Waals surface area contributed by atoms with Crippen molar-refractivity contribution < 1.29 is 9.90 Å². The van der Waals surface area contributed by atoms with E-state index in [1.54, 1.807) is 11.9 Å². The van der Waals surface area contributed by atoms with Crippen LogP contribution in [0.3, 0.4) is 0 Å². The first-order chi connectivity index (χ1) is 8.51. The van der Waals surface area contributed by atoms with Gasteiger partial charge in [-0.15, -0.1) is 0 Å². The van der Waals surface area contributed by atoms with Crippen LogP contribution in [0.2, 0.25) is 0 Å². The maximum absolute atomic E-state index is 11.4. The van der Waals surface area contributed by atoms with Crippen LogP contribution in [-0.4, -0.2) is 29.6 Å². The smallest absolute Gasteiger partial charge is 0.219 e. The predicted molar refractivity (Wildman–Crippen MR) is 73.4 cm³/mol. The lowest BCUT2D eigenvalue weighted by molar-refractivity contribution is -0.130. The van der Waals surface area contributed by atoms with Gasteiger partial charge in [0.25, 0.3) is 0 Å². The van der Waals surface area contributed by atoms with Gasteiger partial charge in [-0.05, 0) is 23.5 Å². The molecule has 0 aliphatic heterocycles. The minimum Gasteiger partial charge on any atom is -0.394 e. The van der Waals surface area contributed by atoms with Crippen molar-refractivity contribution >= 4 is 5.91 Å². The molecule has 0 aliphatic rings.